The second-order valence-corrected chi connectivity index (χ2v) is 2.97. The van der Waals surface area contributed by atoms with Gasteiger partial charge in [0.1, 0.15) is 0 Å². The third kappa shape index (κ3) is 2.63. The lowest BCUT2D eigenvalue weighted by atomic mass is 10.2. The van der Waals surface area contributed by atoms with Crippen molar-refractivity contribution in [2.45, 2.75) is 0 Å². The number of ether oxygens (including phenoxy) is 1. The Hall–Kier alpha value is -1.22. The summed E-state index contributed by atoms with van der Waals surface area (Å²) in [6.07, 6.45) is 0. The van der Waals surface area contributed by atoms with Gasteiger partial charge in [0.25, 0.3) is 0 Å². The van der Waals surface area contributed by atoms with E-state index in [-0.39, 0.29) is 0 Å². The van der Waals surface area contributed by atoms with E-state index in [9.17, 15) is 0 Å². The SMILES string of the molecule is COCCN(C)c1ccccc1N. The number of nitrogens with two attached hydrogens (primary N) is 1. The van der Waals surface area contributed by atoms with Gasteiger partial charge in [-0.05, 0) is 12.1 Å². The van der Waals surface area contributed by atoms with Crippen molar-refractivity contribution < 1.29 is 4.74 Å². The average Bonchev–Trinajstić information content (AvgIpc) is 2.15. The number of para-hydroxylation sites is 2. The van der Waals surface area contributed by atoms with E-state index in [0.29, 0.717) is 6.61 Å². The fourth-order valence-corrected chi connectivity index (χ4v) is 1.18. The molecule has 0 saturated heterocycles. The third-order valence-electron chi connectivity index (χ3n) is 1.98. The number of anilines is 2. The summed E-state index contributed by atoms with van der Waals surface area (Å²) in [6, 6.07) is 7.82. The van der Waals surface area contributed by atoms with Gasteiger partial charge in [-0.1, -0.05) is 12.1 Å². The van der Waals surface area contributed by atoms with E-state index in [2.05, 4.69) is 4.90 Å². The van der Waals surface area contributed by atoms with Gasteiger partial charge in [0.2, 0.25) is 0 Å². The normalized spacial score (nSPS) is 10.0. The Morgan fingerprint density at radius 1 is 1.38 bits per heavy atom. The molecule has 2 N–H and O–H groups in total. The zero-order chi connectivity index (χ0) is 9.68. The van der Waals surface area contributed by atoms with Gasteiger partial charge < -0.3 is 15.4 Å². The van der Waals surface area contributed by atoms with Gasteiger partial charge in [-0.25, -0.2) is 0 Å². The molecular weight excluding hydrogens is 164 g/mol. The van der Waals surface area contributed by atoms with Crippen molar-refractivity contribution in [3.05, 3.63) is 24.3 Å². The second kappa shape index (κ2) is 4.72. The molecule has 0 unspecified atom stereocenters. The first-order valence-corrected chi connectivity index (χ1v) is 4.30. The van der Waals surface area contributed by atoms with Gasteiger partial charge in [-0.3, -0.25) is 0 Å². The summed E-state index contributed by atoms with van der Waals surface area (Å²) in [6.45, 7) is 1.57. The summed E-state index contributed by atoms with van der Waals surface area (Å²) >= 11 is 0. The van der Waals surface area contributed by atoms with Crippen LogP contribution in [0, 0.1) is 0 Å². The molecule has 0 heterocycles. The van der Waals surface area contributed by atoms with Gasteiger partial charge in [0.15, 0.2) is 0 Å². The Morgan fingerprint density at radius 3 is 2.69 bits per heavy atom. The molecule has 13 heavy (non-hydrogen) atoms. The van der Waals surface area contributed by atoms with Crippen LogP contribution in [0.2, 0.25) is 0 Å². The molecule has 0 aliphatic carbocycles. The van der Waals surface area contributed by atoms with Crippen LogP contribution in [0.25, 0.3) is 0 Å². The summed E-state index contributed by atoms with van der Waals surface area (Å²) in [5.41, 5.74) is 7.67. The smallest absolute Gasteiger partial charge is 0.0637 e. The fraction of sp³-hybridized carbons (Fsp3) is 0.400. The van der Waals surface area contributed by atoms with E-state index < -0.39 is 0 Å². The number of hydrogen-bond acceptors (Lipinski definition) is 3. The molecule has 0 aromatic heterocycles. The molecule has 1 aromatic rings. The Balaban J connectivity index is 2.65. The van der Waals surface area contributed by atoms with Crippen molar-refractivity contribution in [1.82, 2.24) is 0 Å². The quantitative estimate of drug-likeness (QED) is 0.711. The summed E-state index contributed by atoms with van der Waals surface area (Å²) in [7, 11) is 3.70. The molecule has 0 amide bonds. The minimum Gasteiger partial charge on any atom is -0.397 e. The highest BCUT2D eigenvalue weighted by atomic mass is 16.5. The Labute approximate surface area is 79.1 Å². The Kier molecular flexibility index (Phi) is 3.58. The molecule has 3 heteroatoms. The molecule has 0 spiro atoms. The number of likely N-dealkylation sites (N-methyl/N-ethyl adjacent to an activating group) is 1. The monoisotopic (exact) mass is 180 g/mol. The summed E-state index contributed by atoms with van der Waals surface area (Å²) < 4.78 is 4.99. The average molecular weight is 180 g/mol. The molecule has 1 rings (SSSR count). The number of nitrogens with zero attached hydrogens (tertiary/aromatic N) is 1. The van der Waals surface area contributed by atoms with Crippen molar-refractivity contribution in [1.29, 1.82) is 0 Å². The largest absolute Gasteiger partial charge is 0.397 e. The maximum absolute atomic E-state index is 5.81. The van der Waals surface area contributed by atoms with Crippen molar-refractivity contribution in [3.8, 4) is 0 Å². The Bertz CT molecular complexity index is 263. The number of nitrogen functional groups attached to an aromatic ring is 1. The van der Waals surface area contributed by atoms with Crippen LogP contribution in [-0.4, -0.2) is 27.3 Å². The van der Waals surface area contributed by atoms with Gasteiger partial charge in [0.05, 0.1) is 18.0 Å². The van der Waals surface area contributed by atoms with Crippen LogP contribution in [0.3, 0.4) is 0 Å². The van der Waals surface area contributed by atoms with Crippen LogP contribution in [0.5, 0.6) is 0 Å². The molecular formula is C10H16N2O. The number of methoxy groups -OCH3 is 1. The molecule has 0 aliphatic rings. The van der Waals surface area contributed by atoms with Crippen LogP contribution in [0.1, 0.15) is 0 Å². The minimum absolute atomic E-state index is 0.713. The molecule has 0 atom stereocenters. The van der Waals surface area contributed by atoms with Crippen LogP contribution in [0.4, 0.5) is 11.4 Å². The zero-order valence-corrected chi connectivity index (χ0v) is 8.16. The van der Waals surface area contributed by atoms with Crippen LogP contribution >= 0.6 is 0 Å². The van der Waals surface area contributed by atoms with Gasteiger partial charge in [0, 0.05) is 20.7 Å². The lowest BCUT2D eigenvalue weighted by molar-refractivity contribution is 0.206. The van der Waals surface area contributed by atoms with Crippen molar-refractivity contribution in [2.24, 2.45) is 0 Å². The lowest BCUT2D eigenvalue weighted by Gasteiger charge is -2.20. The van der Waals surface area contributed by atoms with Crippen LogP contribution < -0.4 is 10.6 Å². The summed E-state index contributed by atoms with van der Waals surface area (Å²) in [5.74, 6) is 0. The highest BCUT2D eigenvalue weighted by Gasteiger charge is 2.02. The third-order valence-corrected chi connectivity index (χ3v) is 1.98. The zero-order valence-electron chi connectivity index (χ0n) is 8.16. The summed E-state index contributed by atoms with van der Waals surface area (Å²) in [4.78, 5) is 2.08. The second-order valence-electron chi connectivity index (χ2n) is 2.97. The highest BCUT2D eigenvalue weighted by molar-refractivity contribution is 5.66. The number of rotatable bonds is 4. The molecule has 1 aromatic carbocycles. The van der Waals surface area contributed by atoms with E-state index in [1.54, 1.807) is 7.11 Å². The predicted octanol–water partition coefficient (Wildman–Crippen LogP) is 1.35. The molecule has 0 fully saturated rings. The van der Waals surface area contributed by atoms with Crippen molar-refractivity contribution >= 4 is 11.4 Å². The number of benzene rings is 1. The summed E-state index contributed by atoms with van der Waals surface area (Å²) in [5, 5.41) is 0. The fourth-order valence-electron chi connectivity index (χ4n) is 1.18. The first kappa shape index (κ1) is 9.86. The topological polar surface area (TPSA) is 38.5 Å². The van der Waals surface area contributed by atoms with Gasteiger partial charge in [-0.2, -0.15) is 0 Å². The molecule has 0 radical (unpaired) electrons. The molecule has 0 saturated carbocycles. The molecule has 3 nitrogen and oxygen atoms in total. The maximum Gasteiger partial charge on any atom is 0.0637 e. The van der Waals surface area contributed by atoms with E-state index in [0.717, 1.165) is 17.9 Å². The van der Waals surface area contributed by atoms with E-state index in [1.807, 2.05) is 31.3 Å². The molecule has 0 bridgehead atoms. The molecule has 72 valence electrons. The first-order valence-electron chi connectivity index (χ1n) is 4.30. The Morgan fingerprint density at radius 2 is 2.08 bits per heavy atom. The standard InChI is InChI=1S/C10H16N2O/c1-12(7-8-13-2)10-6-4-3-5-9(10)11/h3-6H,7-8,11H2,1-2H3. The van der Waals surface area contributed by atoms with Crippen molar-refractivity contribution in [3.63, 3.8) is 0 Å². The first-order chi connectivity index (χ1) is 6.25. The van der Waals surface area contributed by atoms with Gasteiger partial charge in [-0.15, -0.1) is 0 Å². The lowest BCUT2D eigenvalue weighted by Crippen LogP contribution is -2.22. The maximum atomic E-state index is 5.81. The van der Waals surface area contributed by atoms with Crippen LogP contribution in [-0.2, 0) is 4.74 Å². The molecule has 0 aliphatic heterocycles. The van der Waals surface area contributed by atoms with E-state index >= 15 is 0 Å². The predicted molar refractivity (Wildman–Crippen MR) is 56.0 cm³/mol. The van der Waals surface area contributed by atoms with E-state index in [1.165, 1.54) is 0 Å². The van der Waals surface area contributed by atoms with Gasteiger partial charge >= 0.3 is 0 Å². The minimum atomic E-state index is 0.713. The van der Waals surface area contributed by atoms with E-state index in [4.69, 9.17) is 10.5 Å². The van der Waals surface area contributed by atoms with Crippen molar-refractivity contribution in [2.75, 3.05) is 37.9 Å². The highest BCUT2D eigenvalue weighted by Crippen LogP contribution is 2.20. The number of hydrogen-bond donors (Lipinski definition) is 1. The van der Waals surface area contributed by atoms with Crippen LogP contribution in [0.15, 0.2) is 24.3 Å².